The van der Waals surface area contributed by atoms with Crippen molar-refractivity contribution in [3.8, 4) is 5.88 Å². The van der Waals surface area contributed by atoms with Gasteiger partial charge in [-0.15, -0.1) is 11.3 Å². The molecule has 0 aliphatic heterocycles. The topological polar surface area (TPSA) is 61.3 Å². The summed E-state index contributed by atoms with van der Waals surface area (Å²) in [5.41, 5.74) is 1.43. The Morgan fingerprint density at radius 3 is 2.80 bits per heavy atom. The maximum atomic E-state index is 11.7. The molecule has 0 spiro atoms. The van der Waals surface area contributed by atoms with E-state index < -0.39 is 0 Å². The van der Waals surface area contributed by atoms with Crippen molar-refractivity contribution in [2.24, 2.45) is 0 Å². The van der Waals surface area contributed by atoms with E-state index in [0.29, 0.717) is 24.6 Å². The average Bonchev–Trinajstić information content (AvgIpc) is 2.81. The van der Waals surface area contributed by atoms with Gasteiger partial charge < -0.3 is 9.47 Å². The summed E-state index contributed by atoms with van der Waals surface area (Å²) in [5, 5.41) is 0.873. The van der Waals surface area contributed by atoms with E-state index in [1.54, 1.807) is 20.2 Å². The SMILES string of the molecule is CCOC(=O)c1nc(Cc2ccc(OC)nc2)sc1C. The number of rotatable bonds is 5. The Bertz CT molecular complexity index is 593. The van der Waals surface area contributed by atoms with Crippen LogP contribution in [-0.4, -0.2) is 29.7 Å². The Hall–Kier alpha value is -1.95. The monoisotopic (exact) mass is 292 g/mol. The molecule has 0 aliphatic carbocycles. The van der Waals surface area contributed by atoms with Gasteiger partial charge in [-0.05, 0) is 19.4 Å². The first-order valence-electron chi connectivity index (χ1n) is 6.26. The number of thiazole rings is 1. The molecule has 0 radical (unpaired) electrons. The van der Waals surface area contributed by atoms with Crippen molar-refractivity contribution in [2.75, 3.05) is 13.7 Å². The first kappa shape index (κ1) is 14.5. The predicted octanol–water partition coefficient (Wildman–Crippen LogP) is 2.62. The van der Waals surface area contributed by atoms with Crippen LogP contribution in [0, 0.1) is 6.92 Å². The van der Waals surface area contributed by atoms with Gasteiger partial charge in [0.2, 0.25) is 5.88 Å². The molecule has 0 saturated heterocycles. The molecule has 0 unspecified atom stereocenters. The second-order valence-corrected chi connectivity index (χ2v) is 5.41. The third kappa shape index (κ3) is 3.33. The van der Waals surface area contributed by atoms with Crippen molar-refractivity contribution in [1.82, 2.24) is 9.97 Å². The molecule has 0 aliphatic rings. The molecule has 20 heavy (non-hydrogen) atoms. The molecule has 6 heteroatoms. The smallest absolute Gasteiger partial charge is 0.358 e. The fraction of sp³-hybridized carbons (Fsp3) is 0.357. The van der Waals surface area contributed by atoms with Gasteiger partial charge in [0.15, 0.2) is 5.69 Å². The number of esters is 1. The largest absolute Gasteiger partial charge is 0.481 e. The maximum absolute atomic E-state index is 11.7. The summed E-state index contributed by atoms with van der Waals surface area (Å²) in [6.07, 6.45) is 2.39. The van der Waals surface area contributed by atoms with Crippen molar-refractivity contribution in [1.29, 1.82) is 0 Å². The summed E-state index contributed by atoms with van der Waals surface area (Å²) in [7, 11) is 1.58. The normalized spacial score (nSPS) is 10.3. The molecular formula is C14H16N2O3S. The standard InChI is InChI=1S/C14H16N2O3S/c1-4-19-14(17)13-9(2)20-12(16-13)7-10-5-6-11(18-3)15-8-10/h5-6,8H,4,7H2,1-3H3. The highest BCUT2D eigenvalue weighted by atomic mass is 32.1. The number of carbonyl (C=O) groups is 1. The van der Waals surface area contributed by atoms with Gasteiger partial charge in [-0.3, -0.25) is 0 Å². The zero-order chi connectivity index (χ0) is 14.5. The lowest BCUT2D eigenvalue weighted by molar-refractivity contribution is 0.0519. The minimum atomic E-state index is -0.361. The van der Waals surface area contributed by atoms with Gasteiger partial charge in [0.25, 0.3) is 0 Å². The Labute approximate surface area is 121 Å². The highest BCUT2D eigenvalue weighted by Crippen LogP contribution is 2.21. The molecule has 0 bridgehead atoms. The maximum Gasteiger partial charge on any atom is 0.358 e. The summed E-state index contributed by atoms with van der Waals surface area (Å²) in [5.74, 6) is 0.219. The number of aromatic nitrogens is 2. The molecule has 0 atom stereocenters. The van der Waals surface area contributed by atoms with Crippen LogP contribution in [0.5, 0.6) is 5.88 Å². The molecule has 0 N–H and O–H groups in total. The lowest BCUT2D eigenvalue weighted by atomic mass is 10.2. The number of hydrogen-bond donors (Lipinski definition) is 0. The summed E-state index contributed by atoms with van der Waals surface area (Å²) in [6, 6.07) is 3.74. The van der Waals surface area contributed by atoms with Crippen LogP contribution in [0.1, 0.15) is 32.9 Å². The fourth-order valence-electron chi connectivity index (χ4n) is 1.73. The van der Waals surface area contributed by atoms with Crippen LogP contribution >= 0.6 is 11.3 Å². The first-order chi connectivity index (χ1) is 9.63. The third-order valence-corrected chi connectivity index (χ3v) is 3.64. The molecule has 0 saturated carbocycles. The van der Waals surface area contributed by atoms with Gasteiger partial charge in [-0.25, -0.2) is 14.8 Å². The van der Waals surface area contributed by atoms with Crippen LogP contribution in [0.25, 0.3) is 0 Å². The van der Waals surface area contributed by atoms with Crippen LogP contribution in [-0.2, 0) is 11.2 Å². The van der Waals surface area contributed by atoms with E-state index in [9.17, 15) is 4.79 Å². The Kier molecular flexibility index (Phi) is 4.68. The number of ether oxygens (including phenoxy) is 2. The lowest BCUT2D eigenvalue weighted by Gasteiger charge is -2.00. The summed E-state index contributed by atoms with van der Waals surface area (Å²) in [4.78, 5) is 21.1. The molecule has 0 aromatic carbocycles. The van der Waals surface area contributed by atoms with Gasteiger partial charge in [0.05, 0.1) is 18.7 Å². The zero-order valence-corrected chi connectivity index (χ0v) is 12.5. The second kappa shape index (κ2) is 6.47. The minimum Gasteiger partial charge on any atom is -0.481 e. The number of nitrogens with zero attached hydrogens (tertiary/aromatic N) is 2. The molecular weight excluding hydrogens is 276 g/mol. The third-order valence-electron chi connectivity index (χ3n) is 2.67. The summed E-state index contributed by atoms with van der Waals surface area (Å²) < 4.78 is 9.99. The van der Waals surface area contributed by atoms with Crippen molar-refractivity contribution in [3.05, 3.63) is 39.5 Å². The van der Waals surface area contributed by atoms with Crippen LogP contribution in [0.3, 0.4) is 0 Å². The average molecular weight is 292 g/mol. The Morgan fingerprint density at radius 1 is 1.40 bits per heavy atom. The molecule has 2 aromatic heterocycles. The predicted molar refractivity (Wildman–Crippen MR) is 76.4 cm³/mol. The van der Waals surface area contributed by atoms with Crippen LogP contribution in [0.2, 0.25) is 0 Å². The van der Waals surface area contributed by atoms with Crippen LogP contribution < -0.4 is 4.74 Å². The first-order valence-corrected chi connectivity index (χ1v) is 7.08. The van der Waals surface area contributed by atoms with Gasteiger partial charge in [-0.1, -0.05) is 6.07 Å². The molecule has 2 rings (SSSR count). The van der Waals surface area contributed by atoms with Gasteiger partial charge in [0.1, 0.15) is 0 Å². The molecule has 0 fully saturated rings. The summed E-state index contributed by atoms with van der Waals surface area (Å²) in [6.45, 7) is 4.01. The highest BCUT2D eigenvalue weighted by molar-refractivity contribution is 7.11. The Morgan fingerprint density at radius 2 is 2.20 bits per heavy atom. The van der Waals surface area contributed by atoms with E-state index in [2.05, 4.69) is 9.97 Å². The van der Waals surface area contributed by atoms with E-state index in [0.717, 1.165) is 15.4 Å². The number of pyridine rings is 1. The van der Waals surface area contributed by atoms with Crippen LogP contribution in [0.4, 0.5) is 0 Å². The minimum absolute atomic E-state index is 0.355. The lowest BCUT2D eigenvalue weighted by Crippen LogP contribution is -2.06. The van der Waals surface area contributed by atoms with E-state index in [-0.39, 0.29) is 5.97 Å². The van der Waals surface area contributed by atoms with Crippen LogP contribution in [0.15, 0.2) is 18.3 Å². The van der Waals surface area contributed by atoms with E-state index in [4.69, 9.17) is 9.47 Å². The molecule has 0 amide bonds. The van der Waals surface area contributed by atoms with E-state index in [1.807, 2.05) is 19.1 Å². The van der Waals surface area contributed by atoms with Gasteiger partial charge in [-0.2, -0.15) is 0 Å². The fourth-order valence-corrected chi connectivity index (χ4v) is 2.68. The molecule has 2 heterocycles. The van der Waals surface area contributed by atoms with Crippen molar-refractivity contribution < 1.29 is 14.3 Å². The summed E-state index contributed by atoms with van der Waals surface area (Å²) >= 11 is 1.50. The van der Waals surface area contributed by atoms with E-state index >= 15 is 0 Å². The van der Waals surface area contributed by atoms with Gasteiger partial charge >= 0.3 is 5.97 Å². The van der Waals surface area contributed by atoms with Crippen molar-refractivity contribution >= 4 is 17.3 Å². The Balaban J connectivity index is 2.13. The number of carbonyl (C=O) groups excluding carboxylic acids is 1. The number of hydrogen-bond acceptors (Lipinski definition) is 6. The van der Waals surface area contributed by atoms with Crippen molar-refractivity contribution in [2.45, 2.75) is 20.3 Å². The number of methoxy groups -OCH3 is 1. The van der Waals surface area contributed by atoms with E-state index in [1.165, 1.54) is 11.3 Å². The number of aryl methyl sites for hydroxylation is 1. The molecule has 2 aromatic rings. The highest BCUT2D eigenvalue weighted by Gasteiger charge is 2.16. The molecule has 5 nitrogen and oxygen atoms in total. The zero-order valence-electron chi connectivity index (χ0n) is 11.7. The quantitative estimate of drug-likeness (QED) is 0.793. The molecule has 106 valence electrons. The second-order valence-electron chi connectivity index (χ2n) is 4.12. The van der Waals surface area contributed by atoms with Gasteiger partial charge in [0, 0.05) is 23.6 Å². The van der Waals surface area contributed by atoms with Crippen molar-refractivity contribution in [3.63, 3.8) is 0 Å².